The molecule has 2 N–H and O–H groups in total. The monoisotopic (exact) mass is 154 g/mol. The molecule has 2 fully saturated rings. The highest BCUT2D eigenvalue weighted by atomic mass is 15.0. The van der Waals surface area contributed by atoms with E-state index in [9.17, 15) is 0 Å². The summed E-state index contributed by atoms with van der Waals surface area (Å²) in [5, 5.41) is 6.93. The van der Waals surface area contributed by atoms with Crippen molar-refractivity contribution in [1.29, 1.82) is 0 Å². The summed E-state index contributed by atoms with van der Waals surface area (Å²) in [4.78, 5) is 0. The molecule has 2 aliphatic heterocycles. The van der Waals surface area contributed by atoms with Gasteiger partial charge in [0.05, 0.1) is 0 Å². The highest BCUT2D eigenvalue weighted by Crippen LogP contribution is 2.39. The van der Waals surface area contributed by atoms with Crippen molar-refractivity contribution >= 4 is 0 Å². The van der Waals surface area contributed by atoms with Crippen LogP contribution in [0.1, 0.15) is 19.8 Å². The van der Waals surface area contributed by atoms with Gasteiger partial charge >= 0.3 is 0 Å². The SMILES string of the molecule is CC1CNCC12CCNCC2. The van der Waals surface area contributed by atoms with E-state index in [2.05, 4.69) is 17.6 Å². The quantitative estimate of drug-likeness (QED) is 0.534. The van der Waals surface area contributed by atoms with Crippen LogP contribution in [-0.2, 0) is 0 Å². The van der Waals surface area contributed by atoms with Gasteiger partial charge in [-0.05, 0) is 43.8 Å². The molecule has 11 heavy (non-hydrogen) atoms. The van der Waals surface area contributed by atoms with Gasteiger partial charge in [-0.3, -0.25) is 0 Å². The Morgan fingerprint density at radius 3 is 2.45 bits per heavy atom. The van der Waals surface area contributed by atoms with Gasteiger partial charge in [0.2, 0.25) is 0 Å². The minimum absolute atomic E-state index is 0.658. The second-order valence-corrected chi connectivity index (χ2v) is 4.14. The summed E-state index contributed by atoms with van der Waals surface area (Å²) in [6, 6.07) is 0. The molecule has 2 nitrogen and oxygen atoms in total. The van der Waals surface area contributed by atoms with E-state index in [-0.39, 0.29) is 0 Å². The maximum Gasteiger partial charge on any atom is 0.00119 e. The van der Waals surface area contributed by atoms with Crippen molar-refractivity contribution in [2.75, 3.05) is 26.2 Å². The highest BCUT2D eigenvalue weighted by molar-refractivity contribution is 4.95. The molecule has 0 radical (unpaired) electrons. The lowest BCUT2D eigenvalue weighted by atomic mass is 9.72. The van der Waals surface area contributed by atoms with Crippen molar-refractivity contribution in [3.63, 3.8) is 0 Å². The summed E-state index contributed by atoms with van der Waals surface area (Å²) >= 11 is 0. The van der Waals surface area contributed by atoms with Gasteiger partial charge in [-0.15, -0.1) is 0 Å². The maximum absolute atomic E-state index is 3.50. The fourth-order valence-corrected chi connectivity index (χ4v) is 2.52. The summed E-state index contributed by atoms with van der Waals surface area (Å²) in [5.74, 6) is 0.893. The molecule has 1 spiro atoms. The van der Waals surface area contributed by atoms with Crippen LogP contribution >= 0.6 is 0 Å². The molecule has 2 heteroatoms. The molecule has 64 valence electrons. The number of rotatable bonds is 0. The minimum Gasteiger partial charge on any atom is -0.317 e. The summed E-state index contributed by atoms with van der Waals surface area (Å²) in [7, 11) is 0. The van der Waals surface area contributed by atoms with Gasteiger partial charge < -0.3 is 10.6 Å². The Morgan fingerprint density at radius 2 is 1.91 bits per heavy atom. The third-order valence-electron chi connectivity index (χ3n) is 3.57. The van der Waals surface area contributed by atoms with Gasteiger partial charge in [-0.2, -0.15) is 0 Å². The maximum atomic E-state index is 3.50. The van der Waals surface area contributed by atoms with E-state index >= 15 is 0 Å². The van der Waals surface area contributed by atoms with E-state index in [0.717, 1.165) is 5.92 Å². The molecule has 0 aromatic rings. The van der Waals surface area contributed by atoms with Crippen LogP contribution in [-0.4, -0.2) is 26.2 Å². The van der Waals surface area contributed by atoms with Gasteiger partial charge in [0, 0.05) is 6.54 Å². The lowest BCUT2D eigenvalue weighted by Crippen LogP contribution is -2.40. The Bertz CT molecular complexity index is 138. The van der Waals surface area contributed by atoms with Gasteiger partial charge in [0.25, 0.3) is 0 Å². The van der Waals surface area contributed by atoms with E-state index < -0.39 is 0 Å². The van der Waals surface area contributed by atoms with Crippen molar-refractivity contribution in [1.82, 2.24) is 10.6 Å². The second-order valence-electron chi connectivity index (χ2n) is 4.14. The summed E-state index contributed by atoms with van der Waals surface area (Å²) in [5.41, 5.74) is 0.658. The summed E-state index contributed by atoms with van der Waals surface area (Å²) in [6.45, 7) is 7.35. The average Bonchev–Trinajstić information content (AvgIpc) is 2.36. The Morgan fingerprint density at radius 1 is 1.18 bits per heavy atom. The third-order valence-corrected chi connectivity index (χ3v) is 3.57. The smallest absolute Gasteiger partial charge is 0.00119 e. The van der Waals surface area contributed by atoms with E-state index in [1.54, 1.807) is 0 Å². The number of nitrogens with one attached hydrogen (secondary N) is 2. The van der Waals surface area contributed by atoms with Crippen molar-refractivity contribution in [3.8, 4) is 0 Å². The van der Waals surface area contributed by atoms with Crippen molar-refractivity contribution < 1.29 is 0 Å². The molecular formula is C9H18N2. The van der Waals surface area contributed by atoms with Gasteiger partial charge in [0.1, 0.15) is 0 Å². The Hall–Kier alpha value is -0.0800. The Balaban J connectivity index is 2.06. The molecule has 2 saturated heterocycles. The second kappa shape index (κ2) is 2.76. The van der Waals surface area contributed by atoms with E-state index in [1.165, 1.54) is 39.0 Å². The molecule has 0 bridgehead atoms. The normalized spacial score (nSPS) is 36.3. The largest absolute Gasteiger partial charge is 0.317 e. The lowest BCUT2D eigenvalue weighted by Gasteiger charge is -2.36. The van der Waals surface area contributed by atoms with Crippen LogP contribution < -0.4 is 10.6 Å². The average molecular weight is 154 g/mol. The zero-order chi connectivity index (χ0) is 7.73. The molecule has 0 aromatic carbocycles. The van der Waals surface area contributed by atoms with E-state index in [0.29, 0.717) is 5.41 Å². The predicted octanol–water partition coefficient (Wildman–Crippen LogP) is 0.595. The van der Waals surface area contributed by atoms with E-state index in [1.807, 2.05) is 0 Å². The molecule has 1 unspecified atom stereocenters. The number of piperidine rings is 1. The molecule has 2 rings (SSSR count). The molecule has 0 aliphatic carbocycles. The Labute approximate surface area is 68.7 Å². The van der Waals surface area contributed by atoms with Crippen LogP contribution in [0.3, 0.4) is 0 Å². The van der Waals surface area contributed by atoms with Crippen LogP contribution in [0.4, 0.5) is 0 Å². The minimum atomic E-state index is 0.658. The number of hydrogen-bond acceptors (Lipinski definition) is 2. The first-order valence-electron chi connectivity index (χ1n) is 4.75. The first-order valence-corrected chi connectivity index (χ1v) is 4.75. The standard InChI is InChI=1S/C9H18N2/c1-8-6-11-7-9(8)2-4-10-5-3-9/h8,10-11H,2-7H2,1H3. The number of hydrogen-bond donors (Lipinski definition) is 2. The molecule has 0 amide bonds. The lowest BCUT2D eigenvalue weighted by molar-refractivity contribution is 0.170. The summed E-state index contributed by atoms with van der Waals surface area (Å²) in [6.07, 6.45) is 2.75. The van der Waals surface area contributed by atoms with Crippen LogP contribution in [0.5, 0.6) is 0 Å². The van der Waals surface area contributed by atoms with Crippen molar-refractivity contribution in [2.45, 2.75) is 19.8 Å². The van der Waals surface area contributed by atoms with Crippen molar-refractivity contribution in [3.05, 3.63) is 0 Å². The Kier molecular flexibility index (Phi) is 1.90. The predicted molar refractivity (Wildman–Crippen MR) is 46.6 cm³/mol. The highest BCUT2D eigenvalue weighted by Gasteiger charge is 2.40. The zero-order valence-electron chi connectivity index (χ0n) is 7.32. The van der Waals surface area contributed by atoms with Gasteiger partial charge in [-0.25, -0.2) is 0 Å². The van der Waals surface area contributed by atoms with E-state index in [4.69, 9.17) is 0 Å². The zero-order valence-corrected chi connectivity index (χ0v) is 7.32. The van der Waals surface area contributed by atoms with Crippen LogP contribution in [0.2, 0.25) is 0 Å². The van der Waals surface area contributed by atoms with Gasteiger partial charge in [0.15, 0.2) is 0 Å². The van der Waals surface area contributed by atoms with Crippen LogP contribution in [0.25, 0.3) is 0 Å². The van der Waals surface area contributed by atoms with Gasteiger partial charge in [-0.1, -0.05) is 6.92 Å². The fourth-order valence-electron chi connectivity index (χ4n) is 2.52. The molecule has 0 aromatic heterocycles. The van der Waals surface area contributed by atoms with Crippen LogP contribution in [0, 0.1) is 11.3 Å². The third kappa shape index (κ3) is 1.18. The topological polar surface area (TPSA) is 24.1 Å². The first kappa shape index (κ1) is 7.56. The first-order chi connectivity index (χ1) is 5.33. The molecule has 1 atom stereocenters. The molecule has 0 saturated carbocycles. The fraction of sp³-hybridized carbons (Fsp3) is 1.00. The van der Waals surface area contributed by atoms with Crippen LogP contribution in [0.15, 0.2) is 0 Å². The molecule has 2 heterocycles. The molecular weight excluding hydrogens is 136 g/mol. The summed E-state index contributed by atoms with van der Waals surface area (Å²) < 4.78 is 0. The van der Waals surface area contributed by atoms with Crippen molar-refractivity contribution in [2.24, 2.45) is 11.3 Å². The molecule has 2 aliphatic rings.